The normalized spacial score (nSPS) is 13.0. The van der Waals surface area contributed by atoms with E-state index in [1.165, 1.54) is 6.33 Å². The average molecular weight is 333 g/mol. The topological polar surface area (TPSA) is 52.0 Å². The highest BCUT2D eigenvalue weighted by Crippen LogP contribution is 2.34. The molecule has 0 bridgehead atoms. The van der Waals surface area contributed by atoms with Crippen LogP contribution in [-0.2, 0) is 9.84 Å². The van der Waals surface area contributed by atoms with Crippen LogP contribution in [0.5, 0.6) is 0 Å². The van der Waals surface area contributed by atoms with Gasteiger partial charge in [0.1, 0.15) is 0 Å². The predicted molar refractivity (Wildman–Crippen MR) is 85.4 cm³/mol. The quantitative estimate of drug-likeness (QED) is 0.734. The van der Waals surface area contributed by atoms with E-state index in [9.17, 15) is 8.42 Å². The largest absolute Gasteiger partial charge is 0.316 e. The van der Waals surface area contributed by atoms with E-state index in [0.29, 0.717) is 10.6 Å². The highest BCUT2D eigenvalue weighted by Gasteiger charge is 2.31. The number of benzene rings is 2. The number of imidazole rings is 1. The van der Waals surface area contributed by atoms with Crippen LogP contribution in [0.1, 0.15) is 10.9 Å². The number of rotatable bonds is 4. The zero-order valence-corrected chi connectivity index (χ0v) is 13.1. The van der Waals surface area contributed by atoms with E-state index in [4.69, 9.17) is 11.6 Å². The molecule has 0 aliphatic carbocycles. The molecule has 0 N–H and O–H groups in total. The zero-order chi connectivity index (χ0) is 15.6. The molecular weight excluding hydrogens is 320 g/mol. The Bertz CT molecular complexity index is 862. The molecule has 22 heavy (non-hydrogen) atoms. The van der Waals surface area contributed by atoms with Gasteiger partial charge in [-0.1, -0.05) is 48.0 Å². The van der Waals surface area contributed by atoms with Crippen LogP contribution in [0.15, 0.2) is 78.2 Å². The molecular formula is C16H13ClN2O2S. The summed E-state index contributed by atoms with van der Waals surface area (Å²) in [4.78, 5) is 4.20. The summed E-state index contributed by atoms with van der Waals surface area (Å²) in [7, 11) is -3.66. The zero-order valence-electron chi connectivity index (χ0n) is 11.5. The van der Waals surface area contributed by atoms with Gasteiger partial charge in [0.2, 0.25) is 9.84 Å². The van der Waals surface area contributed by atoms with Crippen molar-refractivity contribution in [3.63, 3.8) is 0 Å². The number of halogens is 1. The van der Waals surface area contributed by atoms with Crippen LogP contribution < -0.4 is 0 Å². The van der Waals surface area contributed by atoms with Gasteiger partial charge < -0.3 is 4.57 Å². The van der Waals surface area contributed by atoms with E-state index in [0.717, 1.165) is 0 Å². The van der Waals surface area contributed by atoms with Gasteiger partial charge in [-0.25, -0.2) is 13.4 Å². The lowest BCUT2D eigenvalue weighted by Crippen LogP contribution is -2.21. The molecule has 0 amide bonds. The van der Waals surface area contributed by atoms with Gasteiger partial charge in [0.25, 0.3) is 0 Å². The Balaban J connectivity index is 2.22. The van der Waals surface area contributed by atoms with E-state index < -0.39 is 15.2 Å². The van der Waals surface area contributed by atoms with Crippen molar-refractivity contribution < 1.29 is 8.42 Å². The van der Waals surface area contributed by atoms with Crippen LogP contribution in [0.25, 0.3) is 0 Å². The highest BCUT2D eigenvalue weighted by molar-refractivity contribution is 7.91. The molecule has 0 radical (unpaired) electrons. The number of sulfone groups is 1. The molecule has 3 rings (SSSR count). The molecule has 2 aromatic carbocycles. The van der Waals surface area contributed by atoms with Crippen molar-refractivity contribution in [2.75, 3.05) is 0 Å². The van der Waals surface area contributed by atoms with Crippen LogP contribution in [0.3, 0.4) is 0 Å². The monoisotopic (exact) mass is 332 g/mol. The molecule has 6 heteroatoms. The Morgan fingerprint density at radius 2 is 1.68 bits per heavy atom. The predicted octanol–water partition coefficient (Wildman–Crippen LogP) is 3.56. The van der Waals surface area contributed by atoms with E-state index in [1.54, 1.807) is 71.6 Å². The summed E-state index contributed by atoms with van der Waals surface area (Å²) >= 11 is 6.23. The van der Waals surface area contributed by atoms with Gasteiger partial charge in [-0.2, -0.15) is 0 Å². The van der Waals surface area contributed by atoms with Gasteiger partial charge in [0, 0.05) is 23.0 Å². The Labute approximate surface area is 133 Å². The lowest BCUT2D eigenvalue weighted by atomic mass is 10.2. The summed E-state index contributed by atoms with van der Waals surface area (Å²) in [6.07, 6.45) is 4.65. The molecule has 0 fully saturated rings. The van der Waals surface area contributed by atoms with Crippen molar-refractivity contribution in [2.24, 2.45) is 0 Å². The minimum atomic E-state index is -3.66. The summed E-state index contributed by atoms with van der Waals surface area (Å²) in [6, 6.07) is 15.3. The number of aromatic nitrogens is 2. The van der Waals surface area contributed by atoms with E-state index in [1.807, 2.05) is 0 Å². The maximum Gasteiger partial charge on any atom is 0.204 e. The molecule has 0 spiro atoms. The Hall–Kier alpha value is -2.11. The molecule has 0 aliphatic rings. The molecule has 1 heterocycles. The van der Waals surface area contributed by atoms with Gasteiger partial charge in [-0.3, -0.25) is 0 Å². The fraction of sp³-hybridized carbons (Fsp3) is 0.0625. The number of nitrogens with zero attached hydrogens (tertiary/aromatic N) is 2. The first-order valence-corrected chi connectivity index (χ1v) is 8.54. The number of hydrogen-bond donors (Lipinski definition) is 0. The van der Waals surface area contributed by atoms with Gasteiger partial charge in [-0.05, 0) is 18.2 Å². The smallest absolute Gasteiger partial charge is 0.204 e. The third-order valence-corrected chi connectivity index (χ3v) is 5.69. The lowest BCUT2D eigenvalue weighted by Gasteiger charge is -2.20. The van der Waals surface area contributed by atoms with Crippen molar-refractivity contribution >= 4 is 21.4 Å². The van der Waals surface area contributed by atoms with Crippen molar-refractivity contribution in [3.05, 3.63) is 83.9 Å². The fourth-order valence-corrected chi connectivity index (χ4v) is 4.39. The maximum absolute atomic E-state index is 13.1. The van der Waals surface area contributed by atoms with Crippen molar-refractivity contribution in [3.8, 4) is 0 Å². The molecule has 4 nitrogen and oxygen atoms in total. The Morgan fingerprint density at radius 3 is 2.32 bits per heavy atom. The minimum Gasteiger partial charge on any atom is -0.316 e. The summed E-state index contributed by atoms with van der Waals surface area (Å²) in [6.45, 7) is 0. The molecule has 1 atom stereocenters. The van der Waals surface area contributed by atoms with Crippen LogP contribution in [-0.4, -0.2) is 18.0 Å². The summed E-state index contributed by atoms with van der Waals surface area (Å²) in [5, 5.41) is -0.549. The van der Waals surface area contributed by atoms with E-state index in [2.05, 4.69) is 4.98 Å². The molecule has 0 saturated heterocycles. The van der Waals surface area contributed by atoms with E-state index >= 15 is 0 Å². The van der Waals surface area contributed by atoms with E-state index in [-0.39, 0.29) is 4.90 Å². The average Bonchev–Trinajstić information content (AvgIpc) is 3.04. The molecule has 0 saturated carbocycles. The van der Waals surface area contributed by atoms with Crippen molar-refractivity contribution in [1.29, 1.82) is 0 Å². The maximum atomic E-state index is 13.1. The van der Waals surface area contributed by atoms with Crippen LogP contribution in [0.4, 0.5) is 0 Å². The summed E-state index contributed by atoms with van der Waals surface area (Å²) in [5.41, 5.74) is 0.519. The van der Waals surface area contributed by atoms with Gasteiger partial charge in [0.15, 0.2) is 5.37 Å². The Kier molecular flexibility index (Phi) is 4.00. The van der Waals surface area contributed by atoms with Gasteiger partial charge in [0.05, 0.1) is 11.2 Å². The first-order chi connectivity index (χ1) is 10.6. The standard InChI is InChI=1S/C16H13ClN2O2S/c17-15-9-5-4-8-14(15)16(19-11-10-18-12-19)22(20,21)13-6-2-1-3-7-13/h1-12,16H. The molecule has 0 aliphatic heterocycles. The minimum absolute atomic E-state index is 0.244. The molecule has 3 aromatic rings. The summed E-state index contributed by atoms with van der Waals surface area (Å²) in [5.74, 6) is 0. The first kappa shape index (κ1) is 14.8. The SMILES string of the molecule is O=S(=O)(c1ccccc1)C(c1ccccc1Cl)n1ccnc1. The van der Waals surface area contributed by atoms with Crippen LogP contribution in [0.2, 0.25) is 5.02 Å². The van der Waals surface area contributed by atoms with Crippen LogP contribution in [0, 0.1) is 0 Å². The first-order valence-electron chi connectivity index (χ1n) is 6.61. The number of hydrogen-bond acceptors (Lipinski definition) is 3. The Morgan fingerprint density at radius 1 is 1.00 bits per heavy atom. The summed E-state index contributed by atoms with van der Waals surface area (Å²) < 4.78 is 27.7. The third-order valence-electron chi connectivity index (χ3n) is 3.33. The molecule has 112 valence electrons. The van der Waals surface area contributed by atoms with Gasteiger partial charge in [-0.15, -0.1) is 0 Å². The highest BCUT2D eigenvalue weighted by atomic mass is 35.5. The third kappa shape index (κ3) is 2.65. The second-order valence-corrected chi connectivity index (χ2v) is 7.16. The second-order valence-electron chi connectivity index (χ2n) is 4.74. The van der Waals surface area contributed by atoms with Crippen molar-refractivity contribution in [2.45, 2.75) is 10.3 Å². The fourth-order valence-electron chi connectivity index (χ4n) is 2.31. The van der Waals surface area contributed by atoms with Crippen LogP contribution >= 0.6 is 11.6 Å². The molecule has 1 unspecified atom stereocenters. The molecule has 1 aromatic heterocycles. The van der Waals surface area contributed by atoms with Crippen molar-refractivity contribution in [1.82, 2.24) is 9.55 Å². The van der Waals surface area contributed by atoms with Gasteiger partial charge >= 0.3 is 0 Å². The lowest BCUT2D eigenvalue weighted by molar-refractivity contribution is 0.568. The second kappa shape index (κ2) is 5.94.